The first-order chi connectivity index (χ1) is 29.9. The third-order valence-corrected chi connectivity index (χ3v) is 6.18. The van der Waals surface area contributed by atoms with E-state index in [1.54, 1.807) is 5.32 Å². The standard InChI is InChI=1S/C28H47N5O5/c1-26(2,3)13-18(31-25(38)32-27(4,5)6)24(37)33-14-16-19(28(16,7)8)20(33)23(36)30-17(21(34)22(29)35)12-15-10-9-11-15/h15-20H,9-14H2,1-8H3,(H2,29,35)(H,30,36)(H2,31,32,38)/t16-,17?,18-,19-,20-/m0/s1/i1D3,2D3,3D3,4D3,5D3,6D3,7D3,8D3,9D2,10D2,11D2,15D. The predicted molar refractivity (Wildman–Crippen MR) is 144 cm³/mol. The van der Waals surface area contributed by atoms with Crippen LogP contribution in [0.15, 0.2) is 0 Å². The van der Waals surface area contributed by atoms with Crippen LogP contribution in [-0.2, 0) is 19.2 Å². The van der Waals surface area contributed by atoms with Gasteiger partial charge >= 0.3 is 6.03 Å². The highest BCUT2D eigenvalue weighted by Gasteiger charge is 2.69. The summed E-state index contributed by atoms with van der Waals surface area (Å²) in [4.78, 5) is 69.0. The number of nitrogens with zero attached hydrogens (tertiary/aromatic N) is 1. The van der Waals surface area contributed by atoms with Gasteiger partial charge in [-0.3, -0.25) is 19.2 Å². The minimum Gasteiger partial charge on any atom is -0.363 e. The van der Waals surface area contributed by atoms with E-state index < -0.39 is 175 Å². The van der Waals surface area contributed by atoms with Crippen LogP contribution in [-0.4, -0.2) is 64.6 Å². The third kappa shape index (κ3) is 6.86. The van der Waals surface area contributed by atoms with Crippen molar-refractivity contribution in [2.45, 2.75) is 110 Å². The van der Waals surface area contributed by atoms with E-state index in [-0.39, 0.29) is 4.90 Å². The van der Waals surface area contributed by atoms with Gasteiger partial charge in [0.05, 0.1) is 6.04 Å². The molecule has 0 aromatic carbocycles. The molecule has 0 spiro atoms. The monoisotopic (exact) mass is 565 g/mol. The van der Waals surface area contributed by atoms with Crippen LogP contribution in [0.1, 0.15) is 129 Å². The summed E-state index contributed by atoms with van der Waals surface area (Å²) in [5, 5.41) is 4.44. The number of primary amides is 1. The van der Waals surface area contributed by atoms with E-state index in [1.165, 1.54) is 10.6 Å². The van der Waals surface area contributed by atoms with E-state index in [0.717, 1.165) is 0 Å². The Hall–Kier alpha value is -2.65. The number of likely N-dealkylation sites (tertiary alicyclic amines) is 1. The molecule has 3 aliphatic rings. The summed E-state index contributed by atoms with van der Waals surface area (Å²) in [6, 6.07) is -10.9. The molecule has 2 saturated carbocycles. The topological polar surface area (TPSA) is 151 Å². The maximum absolute atomic E-state index is 15.0. The lowest BCUT2D eigenvalue weighted by Gasteiger charge is -2.36. The molecular formula is C28H47N5O5. The summed E-state index contributed by atoms with van der Waals surface area (Å²) < 4.78 is 250. The van der Waals surface area contributed by atoms with Crippen LogP contribution < -0.4 is 21.7 Å². The fourth-order valence-corrected chi connectivity index (χ4v) is 4.43. The van der Waals surface area contributed by atoms with Crippen LogP contribution in [0.25, 0.3) is 0 Å². The van der Waals surface area contributed by atoms with Crippen molar-refractivity contribution in [3.8, 4) is 0 Å². The van der Waals surface area contributed by atoms with Crippen LogP contribution in [0.4, 0.5) is 4.79 Å². The number of ketones is 1. The Kier molecular flexibility index (Phi) is 2.46. The second-order valence-corrected chi connectivity index (χ2v) is 9.29. The zero-order valence-electron chi connectivity index (χ0n) is 50.6. The highest BCUT2D eigenvalue weighted by molar-refractivity contribution is 6.37. The third-order valence-electron chi connectivity index (χ3n) is 6.18. The minimum absolute atomic E-state index is 0.0992. The summed E-state index contributed by atoms with van der Waals surface area (Å²) in [5.74, 6) is -15.5. The van der Waals surface area contributed by atoms with Crippen molar-refractivity contribution < 1.29 is 66.5 Å². The van der Waals surface area contributed by atoms with Gasteiger partial charge in [-0.1, -0.05) is 53.4 Å². The molecule has 38 heavy (non-hydrogen) atoms. The van der Waals surface area contributed by atoms with Crippen LogP contribution >= 0.6 is 0 Å². The highest BCUT2D eigenvalue weighted by Crippen LogP contribution is 2.65. The van der Waals surface area contributed by atoms with Gasteiger partial charge in [-0.05, 0) is 62.0 Å². The molecule has 0 aromatic rings. The van der Waals surface area contributed by atoms with E-state index in [4.69, 9.17) is 48.2 Å². The fraction of sp³-hybridized carbons (Fsp3) is 0.821. The molecule has 0 radical (unpaired) electrons. The van der Waals surface area contributed by atoms with Crippen LogP contribution in [0.2, 0.25) is 0 Å². The number of urea groups is 1. The van der Waals surface area contributed by atoms with Crippen molar-refractivity contribution in [2.75, 3.05) is 6.54 Å². The number of nitrogens with two attached hydrogens (primary N) is 1. The minimum atomic E-state index is -4.31. The molecule has 214 valence electrons. The number of carbonyl (C=O) groups is 5. The quantitative estimate of drug-likeness (QED) is 0.316. The number of fused-ring (bicyclic) bond motifs is 1. The van der Waals surface area contributed by atoms with Gasteiger partial charge < -0.3 is 26.6 Å². The van der Waals surface area contributed by atoms with Gasteiger partial charge in [0.2, 0.25) is 17.6 Å². The first-order valence-corrected chi connectivity index (χ1v) is 11.0. The summed E-state index contributed by atoms with van der Waals surface area (Å²) in [5.41, 5.74) is -6.42. The van der Waals surface area contributed by atoms with Crippen LogP contribution in [0, 0.1) is 28.6 Å². The van der Waals surface area contributed by atoms with Gasteiger partial charge in [0.1, 0.15) is 12.1 Å². The van der Waals surface area contributed by atoms with Gasteiger partial charge in [-0.25, -0.2) is 4.79 Å². The molecule has 2 aliphatic carbocycles. The normalized spacial score (nSPS) is 45.4. The average Bonchev–Trinajstić information content (AvgIpc) is 3.62. The van der Waals surface area contributed by atoms with E-state index in [9.17, 15) is 24.0 Å². The number of hydrogen-bond acceptors (Lipinski definition) is 5. The molecule has 5 amide bonds. The molecule has 5 N–H and O–H groups in total. The van der Waals surface area contributed by atoms with Gasteiger partial charge in [-0.15, -0.1) is 0 Å². The molecule has 0 bridgehead atoms. The number of hydrogen-bond donors (Lipinski definition) is 4. The van der Waals surface area contributed by atoms with E-state index >= 15 is 0 Å². The number of piperidine rings is 1. The molecule has 1 heterocycles. The molecule has 1 aliphatic heterocycles. The molecule has 3 rings (SSSR count). The highest BCUT2D eigenvalue weighted by atomic mass is 16.2. The van der Waals surface area contributed by atoms with E-state index in [2.05, 4.69) is 0 Å². The second kappa shape index (κ2) is 10.5. The van der Waals surface area contributed by atoms with Crippen molar-refractivity contribution in [3.63, 3.8) is 0 Å². The number of nitrogens with one attached hydrogen (secondary N) is 3. The van der Waals surface area contributed by atoms with Crippen LogP contribution in [0.5, 0.6) is 0 Å². The van der Waals surface area contributed by atoms with Crippen molar-refractivity contribution in [1.82, 2.24) is 20.9 Å². The Bertz CT molecular complexity index is 1950. The summed E-state index contributed by atoms with van der Waals surface area (Å²) >= 11 is 0. The van der Waals surface area contributed by atoms with Gasteiger partial charge in [0, 0.05) is 54.6 Å². The Labute approximate surface area is 270 Å². The Morgan fingerprint density at radius 1 is 1.08 bits per heavy atom. The van der Waals surface area contributed by atoms with Crippen molar-refractivity contribution >= 4 is 29.5 Å². The zero-order chi connectivity index (χ0) is 55.1. The van der Waals surface area contributed by atoms with Crippen LogP contribution in [0.3, 0.4) is 0 Å². The van der Waals surface area contributed by atoms with Crippen molar-refractivity contribution in [3.05, 3.63) is 0 Å². The lowest BCUT2D eigenvalue weighted by atomic mass is 9.80. The molecular weight excluding hydrogens is 486 g/mol. The SMILES string of the molecule is [2H]C([2H])([2H])C1(C([2H])([2H])[2H])[C@@H]2[C@@H](C(=O)NC(CC3([2H])C([2H])([2H])C([2H])([2H])C3([2H])[2H])C(=O)C(N)=O)N(C(=O)[C@H](CC(C([2H])([2H])[2H])(C([2H])([2H])[2H])C([2H])([2H])[2H])NC(=O)NC(C([2H])([2H])[2H])(C([2H])([2H])[2H])C([2H])([2H])[2H])C[C@@H]21. The maximum atomic E-state index is 15.0. The maximum Gasteiger partial charge on any atom is 0.315 e. The van der Waals surface area contributed by atoms with Gasteiger partial charge in [0.15, 0.2) is 0 Å². The second-order valence-electron chi connectivity index (χ2n) is 9.29. The first-order valence-electron chi connectivity index (χ1n) is 26.5. The van der Waals surface area contributed by atoms with Gasteiger partial charge in [-0.2, -0.15) is 0 Å². The molecule has 3 fully saturated rings. The average molecular weight is 565 g/mol. The van der Waals surface area contributed by atoms with Crippen molar-refractivity contribution in [2.24, 2.45) is 34.3 Å². The lowest BCUT2D eigenvalue weighted by molar-refractivity contribution is -0.144. The Morgan fingerprint density at radius 2 is 1.76 bits per heavy atom. The Morgan fingerprint density at radius 3 is 2.34 bits per heavy atom. The fourth-order valence-electron chi connectivity index (χ4n) is 4.43. The summed E-state index contributed by atoms with van der Waals surface area (Å²) in [6.07, 6.45) is -14.4. The molecule has 1 unspecified atom stereocenters. The van der Waals surface area contributed by atoms with E-state index in [0.29, 0.717) is 0 Å². The number of rotatable bonds is 9. The number of Topliss-reactive ketones (excluding diaryl/α,β-unsaturated/α-hetero) is 1. The number of carbonyl (C=O) groups excluding carboxylic acids is 5. The molecule has 10 nitrogen and oxygen atoms in total. The Balaban J connectivity index is 2.42. The molecule has 10 heteroatoms. The lowest BCUT2D eigenvalue weighted by Crippen LogP contribution is -2.60. The first kappa shape index (κ1) is 8.93. The molecule has 1 saturated heterocycles. The van der Waals surface area contributed by atoms with E-state index in [1.807, 2.05) is 0 Å². The molecule has 5 atom stereocenters. The summed E-state index contributed by atoms with van der Waals surface area (Å²) in [7, 11) is 0. The van der Waals surface area contributed by atoms with Gasteiger partial charge in [0.25, 0.3) is 5.91 Å². The molecule has 0 aromatic heterocycles. The zero-order valence-corrected chi connectivity index (χ0v) is 19.6. The number of amides is 5. The predicted octanol–water partition coefficient (Wildman–Crippen LogP) is 2.10. The largest absolute Gasteiger partial charge is 0.363 e. The summed E-state index contributed by atoms with van der Waals surface area (Å²) in [6.45, 7) is -34.1. The smallest absolute Gasteiger partial charge is 0.315 e. The van der Waals surface area contributed by atoms with Crippen molar-refractivity contribution in [1.29, 1.82) is 0 Å².